The number of aromatic amines is 2. The van der Waals surface area contributed by atoms with Crippen LogP contribution in [0.15, 0.2) is 55.1 Å². The van der Waals surface area contributed by atoms with Crippen LogP contribution in [-0.4, -0.2) is 68.3 Å². The predicted octanol–water partition coefficient (Wildman–Crippen LogP) is 3.32. The fourth-order valence-electron chi connectivity index (χ4n) is 4.24. The molecule has 31 heavy (non-hydrogen) atoms. The molecular formula is C23H22N8. The van der Waals surface area contributed by atoms with Crippen LogP contribution in [0.4, 0.5) is 5.69 Å². The van der Waals surface area contributed by atoms with Gasteiger partial charge >= 0.3 is 0 Å². The average Bonchev–Trinajstić information content (AvgIpc) is 3.43. The lowest BCUT2D eigenvalue weighted by molar-refractivity contribution is 0.313. The minimum atomic E-state index is 0.826. The van der Waals surface area contributed by atoms with Crippen molar-refractivity contribution >= 4 is 27.5 Å². The number of piperazine rings is 1. The van der Waals surface area contributed by atoms with Crippen LogP contribution in [0.2, 0.25) is 0 Å². The third-order valence-corrected chi connectivity index (χ3v) is 6.00. The molecule has 0 atom stereocenters. The Morgan fingerprint density at radius 3 is 2.61 bits per heavy atom. The molecule has 5 aromatic heterocycles. The number of fused-ring (bicyclic) bond motifs is 2. The van der Waals surface area contributed by atoms with Gasteiger partial charge in [-0.1, -0.05) is 6.07 Å². The van der Waals surface area contributed by atoms with Gasteiger partial charge in [0.2, 0.25) is 0 Å². The molecular weight excluding hydrogens is 388 g/mol. The molecule has 1 aliphatic rings. The topological polar surface area (TPSA) is 89.6 Å². The highest BCUT2D eigenvalue weighted by atomic mass is 15.3. The molecule has 0 radical (unpaired) electrons. The highest BCUT2D eigenvalue weighted by Gasteiger charge is 2.19. The first-order valence-corrected chi connectivity index (χ1v) is 10.4. The standard InChI is InChI=1S/C23H22N8/c1-30-6-8-31(9-7-30)22-14-24-12-20-15(22)10-19(27-20)23-16-11-18(17-4-2-3-5-25-17)26-13-21(16)28-29-23/h2-5,10-14,27H,6-9H2,1H3,(H,28,29). The van der Waals surface area contributed by atoms with E-state index in [4.69, 9.17) is 0 Å². The molecule has 1 saturated heterocycles. The molecule has 8 nitrogen and oxygen atoms in total. The summed E-state index contributed by atoms with van der Waals surface area (Å²) in [6.45, 7) is 4.12. The molecule has 2 N–H and O–H groups in total. The Labute approximate surface area is 179 Å². The second-order valence-electron chi connectivity index (χ2n) is 8.00. The molecule has 5 aromatic rings. The van der Waals surface area contributed by atoms with Gasteiger partial charge in [0, 0.05) is 43.1 Å². The van der Waals surface area contributed by atoms with Crippen molar-refractivity contribution in [3.05, 3.63) is 55.1 Å². The fraction of sp³-hybridized carbons (Fsp3) is 0.217. The van der Waals surface area contributed by atoms with Crippen LogP contribution in [0.25, 0.3) is 44.6 Å². The van der Waals surface area contributed by atoms with Gasteiger partial charge in [0.25, 0.3) is 0 Å². The lowest BCUT2D eigenvalue weighted by atomic mass is 10.1. The van der Waals surface area contributed by atoms with Crippen molar-refractivity contribution < 1.29 is 0 Å². The molecule has 154 valence electrons. The van der Waals surface area contributed by atoms with Gasteiger partial charge in [-0.05, 0) is 31.3 Å². The molecule has 6 heterocycles. The number of rotatable bonds is 3. The van der Waals surface area contributed by atoms with Crippen LogP contribution < -0.4 is 4.90 Å². The Kier molecular flexibility index (Phi) is 4.17. The van der Waals surface area contributed by atoms with Crippen molar-refractivity contribution in [1.29, 1.82) is 0 Å². The number of hydrogen-bond donors (Lipinski definition) is 2. The molecule has 0 bridgehead atoms. The summed E-state index contributed by atoms with van der Waals surface area (Å²) in [6, 6.07) is 10.1. The van der Waals surface area contributed by atoms with Crippen LogP contribution in [0.3, 0.4) is 0 Å². The van der Waals surface area contributed by atoms with Gasteiger partial charge in [-0.15, -0.1) is 0 Å². The van der Waals surface area contributed by atoms with E-state index in [1.165, 1.54) is 11.1 Å². The summed E-state index contributed by atoms with van der Waals surface area (Å²) in [5, 5.41) is 9.88. The number of anilines is 1. The third-order valence-electron chi connectivity index (χ3n) is 6.00. The van der Waals surface area contributed by atoms with Crippen LogP contribution >= 0.6 is 0 Å². The number of H-pyrrole nitrogens is 2. The van der Waals surface area contributed by atoms with E-state index in [1.807, 2.05) is 42.9 Å². The number of pyridine rings is 3. The molecule has 1 aliphatic heterocycles. The van der Waals surface area contributed by atoms with Gasteiger partial charge in [0.15, 0.2) is 0 Å². The molecule has 0 amide bonds. The van der Waals surface area contributed by atoms with Crippen LogP contribution in [-0.2, 0) is 0 Å². The maximum absolute atomic E-state index is 4.59. The Hall–Kier alpha value is -3.78. The van der Waals surface area contributed by atoms with Gasteiger partial charge in [-0.2, -0.15) is 5.10 Å². The van der Waals surface area contributed by atoms with Gasteiger partial charge in [-0.3, -0.25) is 20.1 Å². The van der Waals surface area contributed by atoms with E-state index in [1.54, 1.807) is 6.20 Å². The lowest BCUT2D eigenvalue weighted by Gasteiger charge is -2.34. The van der Waals surface area contributed by atoms with Crippen molar-refractivity contribution in [1.82, 2.24) is 35.0 Å². The lowest BCUT2D eigenvalue weighted by Crippen LogP contribution is -2.44. The van der Waals surface area contributed by atoms with Crippen molar-refractivity contribution in [2.75, 3.05) is 38.1 Å². The maximum atomic E-state index is 4.59. The average molecular weight is 410 g/mol. The zero-order chi connectivity index (χ0) is 20.8. The number of aromatic nitrogens is 6. The summed E-state index contributed by atoms with van der Waals surface area (Å²) >= 11 is 0. The Morgan fingerprint density at radius 1 is 0.871 bits per heavy atom. The van der Waals surface area contributed by atoms with E-state index in [9.17, 15) is 0 Å². The Morgan fingerprint density at radius 2 is 1.77 bits per heavy atom. The maximum Gasteiger partial charge on any atom is 0.116 e. The minimum Gasteiger partial charge on any atom is -0.367 e. The highest BCUT2D eigenvalue weighted by Crippen LogP contribution is 2.33. The summed E-state index contributed by atoms with van der Waals surface area (Å²) in [4.78, 5) is 21.7. The molecule has 0 spiro atoms. The van der Waals surface area contributed by atoms with Crippen LogP contribution in [0, 0.1) is 0 Å². The van der Waals surface area contributed by atoms with Gasteiger partial charge in [-0.25, -0.2) is 0 Å². The smallest absolute Gasteiger partial charge is 0.116 e. The number of likely N-dealkylation sites (N-methyl/N-ethyl adjacent to an activating group) is 1. The predicted molar refractivity (Wildman–Crippen MR) is 122 cm³/mol. The summed E-state index contributed by atoms with van der Waals surface area (Å²) in [6.07, 6.45) is 7.45. The summed E-state index contributed by atoms with van der Waals surface area (Å²) in [7, 11) is 2.17. The summed E-state index contributed by atoms with van der Waals surface area (Å²) in [5.41, 5.74) is 6.58. The second-order valence-corrected chi connectivity index (χ2v) is 8.00. The van der Waals surface area contributed by atoms with E-state index in [-0.39, 0.29) is 0 Å². The first-order chi connectivity index (χ1) is 15.3. The first kappa shape index (κ1) is 18.0. The van der Waals surface area contributed by atoms with E-state index in [2.05, 4.69) is 53.0 Å². The normalized spacial score (nSPS) is 15.2. The number of nitrogens with one attached hydrogen (secondary N) is 2. The highest BCUT2D eigenvalue weighted by molar-refractivity contribution is 6.00. The van der Waals surface area contributed by atoms with Gasteiger partial charge in [0.05, 0.1) is 52.4 Å². The third kappa shape index (κ3) is 3.12. The zero-order valence-electron chi connectivity index (χ0n) is 17.2. The molecule has 0 saturated carbocycles. The van der Waals surface area contributed by atoms with Crippen LogP contribution in [0.1, 0.15) is 0 Å². The molecule has 0 aromatic carbocycles. The quantitative estimate of drug-likeness (QED) is 0.474. The van der Waals surface area contributed by atoms with E-state index < -0.39 is 0 Å². The SMILES string of the molecule is CN1CCN(c2cncc3[nH]c(-c4n[nH]c5cnc(-c6ccccn6)cc45)cc23)CC1. The van der Waals surface area contributed by atoms with Crippen molar-refractivity contribution in [2.24, 2.45) is 0 Å². The minimum absolute atomic E-state index is 0.826. The number of hydrogen-bond acceptors (Lipinski definition) is 6. The summed E-state index contributed by atoms with van der Waals surface area (Å²) < 4.78 is 0. The van der Waals surface area contributed by atoms with Crippen molar-refractivity contribution in [3.8, 4) is 22.8 Å². The molecule has 1 fully saturated rings. The molecule has 0 unspecified atom stereocenters. The molecule has 8 heteroatoms. The molecule has 0 aliphatic carbocycles. The van der Waals surface area contributed by atoms with Crippen LogP contribution in [0.5, 0.6) is 0 Å². The van der Waals surface area contributed by atoms with Crippen molar-refractivity contribution in [2.45, 2.75) is 0 Å². The largest absolute Gasteiger partial charge is 0.367 e. The summed E-state index contributed by atoms with van der Waals surface area (Å²) in [5.74, 6) is 0. The first-order valence-electron chi connectivity index (χ1n) is 10.4. The fourth-order valence-corrected chi connectivity index (χ4v) is 4.24. The number of nitrogens with zero attached hydrogens (tertiary/aromatic N) is 6. The van der Waals surface area contributed by atoms with Gasteiger partial charge < -0.3 is 14.8 Å². The van der Waals surface area contributed by atoms with Gasteiger partial charge in [0.1, 0.15) is 5.69 Å². The van der Waals surface area contributed by atoms with E-state index in [0.29, 0.717) is 0 Å². The van der Waals surface area contributed by atoms with E-state index >= 15 is 0 Å². The zero-order valence-corrected chi connectivity index (χ0v) is 17.2. The van der Waals surface area contributed by atoms with E-state index in [0.717, 1.165) is 65.4 Å². The second kappa shape index (κ2) is 7.17. The monoisotopic (exact) mass is 410 g/mol. The van der Waals surface area contributed by atoms with Crippen molar-refractivity contribution in [3.63, 3.8) is 0 Å². The Balaban J connectivity index is 1.44. The Bertz CT molecular complexity index is 1360. The molecule has 6 rings (SSSR count).